The fourth-order valence-electron chi connectivity index (χ4n) is 1.29. The van der Waals surface area contributed by atoms with E-state index in [2.05, 4.69) is 15.6 Å². The van der Waals surface area contributed by atoms with Crippen molar-refractivity contribution in [1.29, 1.82) is 0 Å². The summed E-state index contributed by atoms with van der Waals surface area (Å²) in [7, 11) is 0. The predicted molar refractivity (Wildman–Crippen MR) is 80.1 cm³/mol. The Balaban J connectivity index is 2.57. The van der Waals surface area contributed by atoms with Crippen molar-refractivity contribution in [2.75, 3.05) is 13.1 Å². The fourth-order valence-corrected chi connectivity index (χ4v) is 1.92. The monoisotopic (exact) mass is 282 g/mol. The van der Waals surface area contributed by atoms with E-state index in [-0.39, 0.29) is 5.91 Å². The van der Waals surface area contributed by atoms with Gasteiger partial charge in [0.25, 0.3) is 0 Å². The number of hydrogen-bond donors (Lipinski definition) is 3. The summed E-state index contributed by atoms with van der Waals surface area (Å²) in [5, 5.41) is 8.32. The lowest BCUT2D eigenvalue weighted by Gasteiger charge is -2.22. The molecule has 19 heavy (non-hydrogen) atoms. The summed E-state index contributed by atoms with van der Waals surface area (Å²) in [6.45, 7) is 7.48. The van der Waals surface area contributed by atoms with Crippen LogP contribution < -0.4 is 16.4 Å². The SMILES string of the molecule is CCNC(=NCc1cccs1)NCC(C)(C)C(N)=O. The lowest BCUT2D eigenvalue weighted by atomic mass is 9.93. The highest BCUT2D eigenvalue weighted by Gasteiger charge is 2.24. The second kappa shape index (κ2) is 7.13. The van der Waals surface area contributed by atoms with Gasteiger partial charge in [0.05, 0.1) is 12.0 Å². The van der Waals surface area contributed by atoms with Crippen LogP contribution in [0.3, 0.4) is 0 Å². The summed E-state index contributed by atoms with van der Waals surface area (Å²) in [6.07, 6.45) is 0. The molecule has 0 fully saturated rings. The van der Waals surface area contributed by atoms with Crippen LogP contribution in [0.2, 0.25) is 0 Å². The van der Waals surface area contributed by atoms with Gasteiger partial charge in [-0.1, -0.05) is 6.07 Å². The molecule has 0 radical (unpaired) electrons. The van der Waals surface area contributed by atoms with E-state index in [1.165, 1.54) is 4.88 Å². The molecule has 1 heterocycles. The molecule has 1 rings (SSSR count). The number of hydrogen-bond acceptors (Lipinski definition) is 3. The quantitative estimate of drug-likeness (QED) is 0.544. The van der Waals surface area contributed by atoms with Crippen LogP contribution in [0.25, 0.3) is 0 Å². The van der Waals surface area contributed by atoms with Crippen molar-refractivity contribution in [3.05, 3.63) is 22.4 Å². The number of guanidine groups is 1. The number of carbonyl (C=O) groups excluding carboxylic acids is 1. The smallest absolute Gasteiger partial charge is 0.224 e. The lowest BCUT2D eigenvalue weighted by molar-refractivity contribution is -0.125. The van der Waals surface area contributed by atoms with E-state index in [0.717, 1.165) is 6.54 Å². The van der Waals surface area contributed by atoms with Crippen molar-refractivity contribution in [1.82, 2.24) is 10.6 Å². The molecule has 1 aromatic rings. The van der Waals surface area contributed by atoms with Crippen molar-refractivity contribution in [2.24, 2.45) is 16.1 Å². The molecule has 0 atom stereocenters. The number of nitrogens with zero attached hydrogens (tertiary/aromatic N) is 1. The van der Waals surface area contributed by atoms with E-state index in [4.69, 9.17) is 5.73 Å². The number of rotatable bonds is 6. The van der Waals surface area contributed by atoms with Crippen LogP contribution in [0.4, 0.5) is 0 Å². The first-order valence-electron chi connectivity index (χ1n) is 6.30. The molecule has 6 heteroatoms. The number of carbonyl (C=O) groups is 1. The molecule has 0 aromatic carbocycles. The maximum absolute atomic E-state index is 11.3. The fraction of sp³-hybridized carbons (Fsp3) is 0.538. The summed E-state index contributed by atoms with van der Waals surface area (Å²) in [6, 6.07) is 4.05. The van der Waals surface area contributed by atoms with Crippen LogP contribution in [0.5, 0.6) is 0 Å². The van der Waals surface area contributed by atoms with E-state index in [9.17, 15) is 4.79 Å². The van der Waals surface area contributed by atoms with E-state index < -0.39 is 5.41 Å². The van der Waals surface area contributed by atoms with Gasteiger partial charge in [-0.25, -0.2) is 4.99 Å². The molecule has 5 nitrogen and oxygen atoms in total. The first-order chi connectivity index (χ1) is 8.95. The van der Waals surface area contributed by atoms with Gasteiger partial charge in [-0.05, 0) is 32.2 Å². The van der Waals surface area contributed by atoms with E-state index >= 15 is 0 Å². The topological polar surface area (TPSA) is 79.5 Å². The molecule has 1 aromatic heterocycles. The first-order valence-corrected chi connectivity index (χ1v) is 7.18. The molecule has 1 amide bonds. The van der Waals surface area contributed by atoms with Crippen molar-refractivity contribution < 1.29 is 4.79 Å². The molecule has 4 N–H and O–H groups in total. The minimum atomic E-state index is -0.598. The highest BCUT2D eigenvalue weighted by Crippen LogP contribution is 2.12. The minimum Gasteiger partial charge on any atom is -0.369 e. The molecule has 0 aliphatic rings. The molecular weight excluding hydrogens is 260 g/mol. The summed E-state index contributed by atoms with van der Waals surface area (Å²) >= 11 is 1.67. The normalized spacial score (nSPS) is 12.3. The van der Waals surface area contributed by atoms with Gasteiger partial charge in [-0.15, -0.1) is 11.3 Å². The minimum absolute atomic E-state index is 0.325. The largest absolute Gasteiger partial charge is 0.369 e. The third-order valence-electron chi connectivity index (χ3n) is 2.68. The van der Waals surface area contributed by atoms with Crippen LogP contribution >= 0.6 is 11.3 Å². The number of nitrogens with one attached hydrogen (secondary N) is 2. The zero-order valence-electron chi connectivity index (χ0n) is 11.7. The summed E-state index contributed by atoms with van der Waals surface area (Å²) in [4.78, 5) is 16.9. The second-order valence-corrected chi connectivity index (χ2v) is 5.91. The van der Waals surface area contributed by atoms with Gasteiger partial charge in [-0.2, -0.15) is 0 Å². The van der Waals surface area contributed by atoms with Gasteiger partial charge in [0.15, 0.2) is 5.96 Å². The number of nitrogens with two attached hydrogens (primary N) is 1. The zero-order chi connectivity index (χ0) is 14.3. The number of thiophene rings is 1. The van der Waals surface area contributed by atoms with Crippen LogP contribution in [0.15, 0.2) is 22.5 Å². The number of aliphatic imine (C=N–C) groups is 1. The Morgan fingerprint density at radius 2 is 2.21 bits per heavy atom. The van der Waals surface area contributed by atoms with Gasteiger partial charge in [-0.3, -0.25) is 4.79 Å². The molecule has 0 saturated heterocycles. The van der Waals surface area contributed by atoms with Crippen LogP contribution in [-0.4, -0.2) is 25.0 Å². The third kappa shape index (κ3) is 5.30. The predicted octanol–water partition coefficient (Wildman–Crippen LogP) is 1.31. The zero-order valence-corrected chi connectivity index (χ0v) is 12.5. The Morgan fingerprint density at radius 1 is 1.47 bits per heavy atom. The Morgan fingerprint density at radius 3 is 2.74 bits per heavy atom. The van der Waals surface area contributed by atoms with Crippen molar-refractivity contribution in [2.45, 2.75) is 27.3 Å². The van der Waals surface area contributed by atoms with Crippen LogP contribution in [-0.2, 0) is 11.3 Å². The average Bonchev–Trinajstić information content (AvgIpc) is 2.85. The number of amides is 1. The van der Waals surface area contributed by atoms with E-state index in [1.54, 1.807) is 11.3 Å². The van der Waals surface area contributed by atoms with Crippen molar-refractivity contribution >= 4 is 23.2 Å². The van der Waals surface area contributed by atoms with Gasteiger partial charge in [0.2, 0.25) is 5.91 Å². The van der Waals surface area contributed by atoms with Gasteiger partial charge in [0, 0.05) is 18.0 Å². The van der Waals surface area contributed by atoms with Gasteiger partial charge < -0.3 is 16.4 Å². The number of primary amides is 1. The maximum atomic E-state index is 11.3. The standard InChI is InChI=1S/C13H22N4OS/c1-4-15-12(16-8-10-6-5-7-19-10)17-9-13(2,3)11(14)18/h5-7H,4,8-9H2,1-3H3,(H2,14,18)(H2,15,16,17). The Bertz CT molecular complexity index is 426. The second-order valence-electron chi connectivity index (χ2n) is 4.88. The summed E-state index contributed by atoms with van der Waals surface area (Å²) < 4.78 is 0. The van der Waals surface area contributed by atoms with E-state index in [0.29, 0.717) is 19.0 Å². The highest BCUT2D eigenvalue weighted by molar-refractivity contribution is 7.09. The molecule has 0 spiro atoms. The molecule has 0 bridgehead atoms. The molecule has 0 saturated carbocycles. The average molecular weight is 282 g/mol. The van der Waals surface area contributed by atoms with Gasteiger partial charge >= 0.3 is 0 Å². The lowest BCUT2D eigenvalue weighted by Crippen LogP contribution is -2.46. The molecule has 0 unspecified atom stereocenters. The maximum Gasteiger partial charge on any atom is 0.224 e. The van der Waals surface area contributed by atoms with E-state index in [1.807, 2.05) is 38.3 Å². The van der Waals surface area contributed by atoms with Crippen molar-refractivity contribution in [3.8, 4) is 0 Å². The first kappa shape index (κ1) is 15.5. The summed E-state index contributed by atoms with van der Waals surface area (Å²) in [5.41, 5.74) is 4.75. The van der Waals surface area contributed by atoms with Crippen molar-refractivity contribution in [3.63, 3.8) is 0 Å². The van der Waals surface area contributed by atoms with Crippen LogP contribution in [0.1, 0.15) is 25.6 Å². The molecule has 0 aliphatic heterocycles. The highest BCUT2D eigenvalue weighted by atomic mass is 32.1. The third-order valence-corrected chi connectivity index (χ3v) is 3.54. The Kier molecular flexibility index (Phi) is 5.82. The Labute approximate surface area is 118 Å². The molecular formula is C13H22N4OS. The Hall–Kier alpha value is -1.56. The summed E-state index contributed by atoms with van der Waals surface area (Å²) in [5.74, 6) is 0.374. The molecule has 106 valence electrons. The van der Waals surface area contributed by atoms with Gasteiger partial charge in [0.1, 0.15) is 0 Å². The van der Waals surface area contributed by atoms with Crippen LogP contribution in [0, 0.1) is 5.41 Å². The molecule has 0 aliphatic carbocycles.